The number of benzene rings is 2. The molecule has 0 spiro atoms. The Hall–Kier alpha value is -2.73. The minimum Gasteiger partial charge on any atom is -0.423 e. The highest BCUT2D eigenvalue weighted by molar-refractivity contribution is 7.98. The number of hydrogen-bond acceptors (Lipinski definition) is 6. The van der Waals surface area contributed by atoms with Crippen LogP contribution in [0.2, 0.25) is 0 Å². The van der Waals surface area contributed by atoms with E-state index in [1.54, 1.807) is 48.7 Å². The largest absolute Gasteiger partial charge is 0.423 e. The third kappa shape index (κ3) is 3.73. The SMILES string of the molecule is CSc1cnc(-c2cccc(OC(=O)c3ccccc3)c2)nn1. The van der Waals surface area contributed by atoms with Crippen LogP contribution in [0, 0.1) is 0 Å². The van der Waals surface area contributed by atoms with E-state index in [1.807, 2.05) is 18.4 Å². The van der Waals surface area contributed by atoms with E-state index < -0.39 is 5.97 Å². The first-order valence-corrected chi connectivity index (χ1v) is 8.10. The zero-order valence-electron chi connectivity index (χ0n) is 12.3. The van der Waals surface area contributed by atoms with Gasteiger partial charge in [-0.25, -0.2) is 9.78 Å². The normalized spacial score (nSPS) is 10.3. The van der Waals surface area contributed by atoms with Gasteiger partial charge < -0.3 is 4.74 Å². The van der Waals surface area contributed by atoms with Crippen molar-refractivity contribution in [1.29, 1.82) is 0 Å². The molecule has 0 atom stereocenters. The summed E-state index contributed by atoms with van der Waals surface area (Å²) in [7, 11) is 0. The van der Waals surface area contributed by atoms with Crippen molar-refractivity contribution >= 4 is 17.7 Å². The van der Waals surface area contributed by atoms with Crippen molar-refractivity contribution in [1.82, 2.24) is 15.2 Å². The lowest BCUT2D eigenvalue weighted by Crippen LogP contribution is -2.08. The fourth-order valence-corrected chi connectivity index (χ4v) is 2.21. The molecule has 6 heteroatoms. The predicted molar refractivity (Wildman–Crippen MR) is 88.4 cm³/mol. The summed E-state index contributed by atoms with van der Waals surface area (Å²) in [5.41, 5.74) is 1.24. The van der Waals surface area contributed by atoms with Crippen LogP contribution in [0.3, 0.4) is 0 Å². The number of esters is 1. The molecule has 0 N–H and O–H groups in total. The van der Waals surface area contributed by atoms with Gasteiger partial charge in [0.05, 0.1) is 11.8 Å². The van der Waals surface area contributed by atoms with Gasteiger partial charge in [0.15, 0.2) is 5.82 Å². The standard InChI is InChI=1S/C17H13N3O2S/c1-23-15-11-18-16(20-19-15)13-8-5-9-14(10-13)22-17(21)12-6-3-2-4-7-12/h2-11H,1H3. The maximum atomic E-state index is 12.1. The highest BCUT2D eigenvalue weighted by Gasteiger charge is 2.09. The van der Waals surface area contributed by atoms with Crippen molar-refractivity contribution < 1.29 is 9.53 Å². The number of thioether (sulfide) groups is 1. The monoisotopic (exact) mass is 323 g/mol. The quantitative estimate of drug-likeness (QED) is 0.416. The Balaban J connectivity index is 1.80. The molecular formula is C17H13N3O2S. The van der Waals surface area contributed by atoms with Crippen LogP contribution >= 0.6 is 11.8 Å². The molecule has 0 aliphatic heterocycles. The molecule has 0 aliphatic carbocycles. The van der Waals surface area contributed by atoms with Gasteiger partial charge in [0.25, 0.3) is 0 Å². The average Bonchev–Trinajstić information content (AvgIpc) is 2.63. The molecule has 1 aromatic heterocycles. The Morgan fingerprint density at radius 2 is 1.87 bits per heavy atom. The van der Waals surface area contributed by atoms with E-state index in [0.29, 0.717) is 17.1 Å². The number of ether oxygens (including phenoxy) is 1. The van der Waals surface area contributed by atoms with Crippen molar-refractivity contribution in [2.75, 3.05) is 6.26 Å². The summed E-state index contributed by atoms with van der Waals surface area (Å²) in [4.78, 5) is 16.3. The number of carbonyl (C=O) groups excluding carboxylic acids is 1. The minimum absolute atomic E-state index is 0.403. The second kappa shape index (κ2) is 7.02. The Labute approximate surface area is 137 Å². The Morgan fingerprint density at radius 1 is 1.04 bits per heavy atom. The first-order chi connectivity index (χ1) is 11.3. The fraction of sp³-hybridized carbons (Fsp3) is 0.0588. The van der Waals surface area contributed by atoms with Crippen molar-refractivity contribution in [2.45, 2.75) is 5.03 Å². The smallest absolute Gasteiger partial charge is 0.343 e. The molecule has 0 bridgehead atoms. The maximum absolute atomic E-state index is 12.1. The van der Waals surface area contributed by atoms with E-state index in [9.17, 15) is 4.79 Å². The van der Waals surface area contributed by atoms with E-state index in [0.717, 1.165) is 10.6 Å². The summed E-state index contributed by atoms with van der Waals surface area (Å²) < 4.78 is 5.39. The summed E-state index contributed by atoms with van der Waals surface area (Å²) in [5, 5.41) is 8.88. The highest BCUT2D eigenvalue weighted by atomic mass is 32.2. The van der Waals surface area contributed by atoms with Crippen LogP contribution in [0.1, 0.15) is 10.4 Å². The summed E-state index contributed by atoms with van der Waals surface area (Å²) in [5.74, 6) is 0.522. The van der Waals surface area contributed by atoms with Crippen LogP contribution in [0.15, 0.2) is 65.8 Å². The first kappa shape index (κ1) is 15.2. The lowest BCUT2D eigenvalue weighted by molar-refractivity contribution is 0.0735. The van der Waals surface area contributed by atoms with Gasteiger partial charge in [-0.15, -0.1) is 22.0 Å². The lowest BCUT2D eigenvalue weighted by Gasteiger charge is -2.06. The molecule has 0 saturated carbocycles. The van der Waals surface area contributed by atoms with Crippen LogP contribution in [-0.2, 0) is 0 Å². The second-order valence-electron chi connectivity index (χ2n) is 4.61. The zero-order valence-corrected chi connectivity index (χ0v) is 13.2. The third-order valence-electron chi connectivity index (χ3n) is 3.06. The molecule has 1 heterocycles. The molecule has 0 radical (unpaired) electrons. The highest BCUT2D eigenvalue weighted by Crippen LogP contribution is 2.22. The Morgan fingerprint density at radius 3 is 2.57 bits per heavy atom. The van der Waals surface area contributed by atoms with Crippen LogP contribution in [-0.4, -0.2) is 27.4 Å². The minimum atomic E-state index is -0.403. The predicted octanol–water partition coefficient (Wildman–Crippen LogP) is 3.48. The molecule has 0 amide bonds. The molecule has 3 rings (SSSR count). The summed E-state index contributed by atoms with van der Waals surface area (Å²) in [6.07, 6.45) is 3.57. The van der Waals surface area contributed by atoms with Gasteiger partial charge in [-0.1, -0.05) is 30.3 Å². The van der Waals surface area contributed by atoms with E-state index in [4.69, 9.17) is 4.74 Å². The molecule has 0 fully saturated rings. The van der Waals surface area contributed by atoms with Gasteiger partial charge in [0.1, 0.15) is 10.8 Å². The van der Waals surface area contributed by atoms with E-state index in [1.165, 1.54) is 11.8 Å². The molecule has 5 nitrogen and oxygen atoms in total. The van der Waals surface area contributed by atoms with Crippen LogP contribution in [0.25, 0.3) is 11.4 Å². The molecule has 114 valence electrons. The number of aromatic nitrogens is 3. The Kier molecular flexibility index (Phi) is 4.63. The molecule has 0 saturated heterocycles. The van der Waals surface area contributed by atoms with Crippen molar-refractivity contribution in [3.05, 3.63) is 66.4 Å². The van der Waals surface area contributed by atoms with Crippen molar-refractivity contribution in [3.8, 4) is 17.1 Å². The zero-order chi connectivity index (χ0) is 16.1. The topological polar surface area (TPSA) is 65.0 Å². The maximum Gasteiger partial charge on any atom is 0.343 e. The van der Waals surface area contributed by atoms with E-state index in [2.05, 4.69) is 15.2 Å². The number of rotatable bonds is 4. The van der Waals surface area contributed by atoms with Gasteiger partial charge in [-0.3, -0.25) is 0 Å². The van der Waals surface area contributed by atoms with Crippen LogP contribution in [0.5, 0.6) is 5.75 Å². The second-order valence-corrected chi connectivity index (χ2v) is 5.43. The van der Waals surface area contributed by atoms with Gasteiger partial charge in [0.2, 0.25) is 0 Å². The van der Waals surface area contributed by atoms with Gasteiger partial charge in [-0.2, -0.15) is 0 Å². The number of carbonyl (C=O) groups is 1. The summed E-state index contributed by atoms with van der Waals surface area (Å²) in [6, 6.07) is 15.9. The van der Waals surface area contributed by atoms with Crippen LogP contribution < -0.4 is 4.74 Å². The van der Waals surface area contributed by atoms with Crippen LogP contribution in [0.4, 0.5) is 0 Å². The number of hydrogen-bond donors (Lipinski definition) is 0. The molecule has 0 aliphatic rings. The summed E-state index contributed by atoms with van der Waals surface area (Å²) in [6.45, 7) is 0. The molecular weight excluding hydrogens is 310 g/mol. The molecule has 3 aromatic rings. The molecule has 0 unspecified atom stereocenters. The number of nitrogens with zero attached hydrogens (tertiary/aromatic N) is 3. The average molecular weight is 323 g/mol. The van der Waals surface area contributed by atoms with E-state index >= 15 is 0 Å². The van der Waals surface area contributed by atoms with Crippen molar-refractivity contribution in [2.24, 2.45) is 0 Å². The van der Waals surface area contributed by atoms with Gasteiger partial charge in [0, 0.05) is 5.56 Å². The van der Waals surface area contributed by atoms with Gasteiger partial charge >= 0.3 is 5.97 Å². The first-order valence-electron chi connectivity index (χ1n) is 6.87. The molecule has 2 aromatic carbocycles. The van der Waals surface area contributed by atoms with Gasteiger partial charge in [-0.05, 0) is 30.5 Å². The Bertz CT molecular complexity index is 808. The van der Waals surface area contributed by atoms with E-state index in [-0.39, 0.29) is 0 Å². The third-order valence-corrected chi connectivity index (χ3v) is 3.67. The lowest BCUT2D eigenvalue weighted by atomic mass is 10.2. The fourth-order valence-electron chi connectivity index (χ4n) is 1.93. The summed E-state index contributed by atoms with van der Waals surface area (Å²) >= 11 is 1.48. The molecule has 23 heavy (non-hydrogen) atoms. The van der Waals surface area contributed by atoms with Crippen molar-refractivity contribution in [3.63, 3.8) is 0 Å².